The maximum absolute atomic E-state index is 12.9. The molecule has 0 amide bonds. The van der Waals surface area contributed by atoms with Gasteiger partial charge >= 0.3 is 0 Å². The van der Waals surface area contributed by atoms with Crippen molar-refractivity contribution in [2.45, 2.75) is 31.9 Å². The summed E-state index contributed by atoms with van der Waals surface area (Å²) in [5.74, 6) is 1.46. The zero-order chi connectivity index (χ0) is 15.7. The Morgan fingerprint density at radius 1 is 1.36 bits per heavy atom. The predicted molar refractivity (Wildman–Crippen MR) is 78.0 cm³/mol. The maximum atomic E-state index is 12.9. The van der Waals surface area contributed by atoms with Crippen LogP contribution in [-0.4, -0.2) is 49.4 Å². The second kappa shape index (κ2) is 6.01. The molecule has 3 heterocycles. The van der Waals surface area contributed by atoms with Gasteiger partial charge in [-0.1, -0.05) is 0 Å². The highest BCUT2D eigenvalue weighted by atomic mass is 32.2. The van der Waals surface area contributed by atoms with E-state index in [1.54, 1.807) is 0 Å². The lowest BCUT2D eigenvalue weighted by atomic mass is 10.2. The van der Waals surface area contributed by atoms with Crippen molar-refractivity contribution in [1.82, 2.24) is 8.61 Å². The van der Waals surface area contributed by atoms with Gasteiger partial charge in [0.25, 0.3) is 10.2 Å². The van der Waals surface area contributed by atoms with Crippen LogP contribution < -0.4 is 0 Å². The number of nitriles is 1. The minimum atomic E-state index is -3.62. The summed E-state index contributed by atoms with van der Waals surface area (Å²) in [6, 6.07) is 5.40. The quantitative estimate of drug-likeness (QED) is 0.833. The van der Waals surface area contributed by atoms with Crippen LogP contribution >= 0.6 is 0 Å². The molecule has 1 aromatic rings. The summed E-state index contributed by atoms with van der Waals surface area (Å²) in [7, 11) is -3.62. The Hall–Kier alpha value is -1.40. The average Bonchev–Trinajstić information content (AvgIpc) is 3.16. The molecule has 0 bridgehead atoms. The summed E-state index contributed by atoms with van der Waals surface area (Å²) in [6.07, 6.45) is 0.851. The Kier molecular flexibility index (Phi) is 4.23. The Morgan fingerprint density at radius 2 is 2.18 bits per heavy atom. The lowest BCUT2D eigenvalue weighted by molar-refractivity contribution is 0.0286. The van der Waals surface area contributed by atoms with Gasteiger partial charge in [-0.15, -0.1) is 0 Å². The van der Waals surface area contributed by atoms with E-state index in [0.717, 1.165) is 18.6 Å². The first-order valence-corrected chi connectivity index (χ1v) is 8.76. The van der Waals surface area contributed by atoms with Gasteiger partial charge in [0.1, 0.15) is 11.5 Å². The van der Waals surface area contributed by atoms with E-state index in [1.165, 1.54) is 8.61 Å². The first-order valence-electron chi connectivity index (χ1n) is 7.37. The van der Waals surface area contributed by atoms with Gasteiger partial charge in [0.15, 0.2) is 6.10 Å². The molecule has 0 spiro atoms. The highest BCUT2D eigenvalue weighted by Crippen LogP contribution is 2.36. The minimum absolute atomic E-state index is 0.0826. The van der Waals surface area contributed by atoms with Gasteiger partial charge in [-0.05, 0) is 31.9 Å². The van der Waals surface area contributed by atoms with Gasteiger partial charge in [-0.3, -0.25) is 0 Å². The lowest BCUT2D eigenvalue weighted by Crippen LogP contribution is -2.50. The van der Waals surface area contributed by atoms with E-state index in [1.807, 2.05) is 25.1 Å². The van der Waals surface area contributed by atoms with E-state index in [4.69, 9.17) is 14.4 Å². The van der Waals surface area contributed by atoms with Crippen LogP contribution in [-0.2, 0) is 14.9 Å². The Labute approximate surface area is 130 Å². The van der Waals surface area contributed by atoms with E-state index >= 15 is 0 Å². The van der Waals surface area contributed by atoms with Crippen molar-refractivity contribution in [3.63, 3.8) is 0 Å². The molecule has 0 N–H and O–H groups in total. The highest BCUT2D eigenvalue weighted by Gasteiger charge is 2.41. The molecule has 0 aliphatic carbocycles. The summed E-state index contributed by atoms with van der Waals surface area (Å²) in [6.45, 7) is 2.92. The molecule has 7 nitrogen and oxygen atoms in total. The molecule has 2 atom stereocenters. The van der Waals surface area contributed by atoms with E-state index in [0.29, 0.717) is 12.3 Å². The van der Waals surface area contributed by atoms with Crippen LogP contribution in [0.5, 0.6) is 0 Å². The molecule has 120 valence electrons. The fourth-order valence-electron chi connectivity index (χ4n) is 2.99. The number of nitrogens with zero attached hydrogens (tertiary/aromatic N) is 3. The van der Waals surface area contributed by atoms with Crippen molar-refractivity contribution in [2.24, 2.45) is 0 Å². The van der Waals surface area contributed by atoms with Crippen LogP contribution in [0.4, 0.5) is 0 Å². The monoisotopic (exact) mass is 325 g/mol. The number of ether oxygens (including phenoxy) is 1. The molecule has 2 fully saturated rings. The van der Waals surface area contributed by atoms with Crippen molar-refractivity contribution in [2.75, 3.05) is 26.2 Å². The topological polar surface area (TPSA) is 86.8 Å². The third-order valence-electron chi connectivity index (χ3n) is 4.09. The first kappa shape index (κ1) is 15.5. The standard InChI is InChI=1S/C14H19N3O4S/c1-11-4-5-14(21-11)13-3-2-6-17(13)22(18,19)16-7-8-20-12(9-15)10-16/h4-5,12-13H,2-3,6-8,10H2,1H3. The van der Waals surface area contributed by atoms with Crippen molar-refractivity contribution in [1.29, 1.82) is 5.26 Å². The van der Waals surface area contributed by atoms with Gasteiger partial charge in [0, 0.05) is 13.1 Å². The molecule has 2 unspecified atom stereocenters. The largest absolute Gasteiger partial charge is 0.465 e. The summed E-state index contributed by atoms with van der Waals surface area (Å²) in [5.41, 5.74) is 0. The molecule has 22 heavy (non-hydrogen) atoms. The Balaban J connectivity index is 1.83. The molecule has 0 saturated carbocycles. The number of hydrogen-bond acceptors (Lipinski definition) is 5. The van der Waals surface area contributed by atoms with Crippen LogP contribution in [0.25, 0.3) is 0 Å². The fourth-order valence-corrected chi connectivity index (χ4v) is 4.81. The van der Waals surface area contributed by atoms with Crippen LogP contribution in [0.3, 0.4) is 0 Å². The van der Waals surface area contributed by atoms with Gasteiger partial charge in [0.2, 0.25) is 0 Å². The molecule has 0 radical (unpaired) electrons. The number of rotatable bonds is 3. The van der Waals surface area contributed by atoms with Gasteiger partial charge in [0.05, 0.1) is 25.3 Å². The molecular formula is C14H19N3O4S. The number of morpholine rings is 1. The lowest BCUT2D eigenvalue weighted by Gasteiger charge is -2.33. The molecule has 8 heteroatoms. The number of furan rings is 1. The third kappa shape index (κ3) is 2.77. The van der Waals surface area contributed by atoms with Crippen LogP contribution in [0.15, 0.2) is 16.5 Å². The van der Waals surface area contributed by atoms with Crippen molar-refractivity contribution in [3.05, 3.63) is 23.7 Å². The van der Waals surface area contributed by atoms with E-state index in [2.05, 4.69) is 0 Å². The van der Waals surface area contributed by atoms with Crippen LogP contribution in [0, 0.1) is 18.3 Å². The maximum Gasteiger partial charge on any atom is 0.282 e. The molecule has 2 saturated heterocycles. The predicted octanol–water partition coefficient (Wildman–Crippen LogP) is 1.19. The Bertz CT molecular complexity index is 679. The summed E-state index contributed by atoms with van der Waals surface area (Å²) < 4.78 is 39.5. The summed E-state index contributed by atoms with van der Waals surface area (Å²) in [5, 5.41) is 8.95. The molecular weight excluding hydrogens is 306 g/mol. The Morgan fingerprint density at radius 3 is 2.86 bits per heavy atom. The van der Waals surface area contributed by atoms with E-state index < -0.39 is 16.3 Å². The second-order valence-electron chi connectivity index (χ2n) is 5.57. The van der Waals surface area contributed by atoms with E-state index in [-0.39, 0.29) is 25.7 Å². The molecule has 0 aromatic carbocycles. The summed E-state index contributed by atoms with van der Waals surface area (Å²) in [4.78, 5) is 0. The first-order chi connectivity index (χ1) is 10.5. The van der Waals surface area contributed by atoms with Crippen molar-refractivity contribution in [3.8, 4) is 6.07 Å². The third-order valence-corrected chi connectivity index (χ3v) is 6.10. The normalized spacial score (nSPS) is 27.8. The number of aryl methyl sites for hydroxylation is 1. The molecule has 1 aromatic heterocycles. The highest BCUT2D eigenvalue weighted by molar-refractivity contribution is 7.86. The van der Waals surface area contributed by atoms with Gasteiger partial charge in [-0.25, -0.2) is 0 Å². The fraction of sp³-hybridized carbons (Fsp3) is 0.643. The minimum Gasteiger partial charge on any atom is -0.465 e. The van der Waals surface area contributed by atoms with Crippen LogP contribution in [0.1, 0.15) is 30.4 Å². The van der Waals surface area contributed by atoms with Crippen molar-refractivity contribution >= 4 is 10.2 Å². The zero-order valence-corrected chi connectivity index (χ0v) is 13.3. The van der Waals surface area contributed by atoms with Gasteiger partial charge in [-0.2, -0.15) is 22.3 Å². The number of hydrogen-bond donors (Lipinski definition) is 0. The molecule has 2 aliphatic rings. The summed E-state index contributed by atoms with van der Waals surface area (Å²) >= 11 is 0. The van der Waals surface area contributed by atoms with Crippen LogP contribution in [0.2, 0.25) is 0 Å². The zero-order valence-electron chi connectivity index (χ0n) is 12.4. The smallest absolute Gasteiger partial charge is 0.282 e. The van der Waals surface area contributed by atoms with E-state index in [9.17, 15) is 8.42 Å². The molecule has 2 aliphatic heterocycles. The molecule has 3 rings (SSSR count). The SMILES string of the molecule is Cc1ccc(C2CCCN2S(=O)(=O)N2CCOC(C#N)C2)o1. The van der Waals surface area contributed by atoms with Crippen molar-refractivity contribution < 1.29 is 17.6 Å². The average molecular weight is 325 g/mol. The van der Waals surface area contributed by atoms with Gasteiger partial charge < -0.3 is 9.15 Å². The second-order valence-corrected chi connectivity index (χ2v) is 7.45.